The monoisotopic (exact) mass is 199 g/mol. The van der Waals surface area contributed by atoms with Gasteiger partial charge in [-0.2, -0.15) is 0 Å². The Morgan fingerprint density at radius 2 is 2.14 bits per heavy atom. The van der Waals surface area contributed by atoms with E-state index in [9.17, 15) is 0 Å². The van der Waals surface area contributed by atoms with Gasteiger partial charge in [-0.1, -0.05) is 0 Å². The molecule has 3 heteroatoms. The van der Waals surface area contributed by atoms with Crippen LogP contribution in [0.15, 0.2) is 0 Å². The zero-order chi connectivity index (χ0) is 9.64. The van der Waals surface area contributed by atoms with E-state index in [1.54, 1.807) is 0 Å². The summed E-state index contributed by atoms with van der Waals surface area (Å²) in [5, 5.41) is 3.38. The van der Waals surface area contributed by atoms with Gasteiger partial charge in [-0.25, -0.2) is 0 Å². The molecule has 1 aliphatic carbocycles. The number of nitrogens with one attached hydrogen (secondary N) is 1. The van der Waals surface area contributed by atoms with E-state index in [-0.39, 0.29) is 0 Å². The number of hydrogen-bond donors (Lipinski definition) is 1. The Bertz CT molecular complexity index is 153. The van der Waals surface area contributed by atoms with Gasteiger partial charge in [0.2, 0.25) is 0 Å². The van der Waals surface area contributed by atoms with Crippen molar-refractivity contribution in [1.82, 2.24) is 5.32 Å². The van der Waals surface area contributed by atoms with Gasteiger partial charge in [-0.3, -0.25) is 0 Å². The van der Waals surface area contributed by atoms with E-state index in [2.05, 4.69) is 5.32 Å². The van der Waals surface area contributed by atoms with E-state index in [1.807, 2.05) is 0 Å². The highest BCUT2D eigenvalue weighted by Gasteiger charge is 2.17. The van der Waals surface area contributed by atoms with Crippen molar-refractivity contribution in [2.24, 2.45) is 0 Å². The number of hydrogen-bond acceptors (Lipinski definition) is 3. The molecule has 1 aliphatic heterocycles. The van der Waals surface area contributed by atoms with Gasteiger partial charge >= 0.3 is 0 Å². The van der Waals surface area contributed by atoms with E-state index < -0.39 is 0 Å². The molecule has 82 valence electrons. The van der Waals surface area contributed by atoms with Gasteiger partial charge in [0.05, 0.1) is 18.8 Å². The predicted octanol–water partition coefficient (Wildman–Crippen LogP) is 1.32. The number of rotatable bonds is 6. The van der Waals surface area contributed by atoms with Crippen molar-refractivity contribution >= 4 is 0 Å². The maximum Gasteiger partial charge on any atom is 0.0700 e. The molecule has 14 heavy (non-hydrogen) atoms. The molecule has 0 radical (unpaired) electrons. The van der Waals surface area contributed by atoms with Gasteiger partial charge in [0.1, 0.15) is 0 Å². The van der Waals surface area contributed by atoms with Crippen LogP contribution in [0.1, 0.15) is 32.1 Å². The third-order valence-corrected chi connectivity index (χ3v) is 3.08. The lowest BCUT2D eigenvalue weighted by atomic mass is 9.96. The highest BCUT2D eigenvalue weighted by Crippen LogP contribution is 2.21. The van der Waals surface area contributed by atoms with Crippen LogP contribution in [0.25, 0.3) is 0 Å². The summed E-state index contributed by atoms with van der Waals surface area (Å²) in [4.78, 5) is 0. The van der Waals surface area contributed by atoms with Crippen LogP contribution in [0.3, 0.4) is 0 Å². The lowest BCUT2D eigenvalue weighted by Gasteiger charge is -2.25. The third-order valence-electron chi connectivity index (χ3n) is 3.08. The smallest absolute Gasteiger partial charge is 0.0700 e. The van der Waals surface area contributed by atoms with Crippen molar-refractivity contribution in [2.75, 3.05) is 26.3 Å². The van der Waals surface area contributed by atoms with Crippen LogP contribution >= 0.6 is 0 Å². The normalized spacial score (nSPS) is 27.9. The second kappa shape index (κ2) is 5.69. The summed E-state index contributed by atoms with van der Waals surface area (Å²) in [5.41, 5.74) is 0. The molecule has 1 saturated heterocycles. The van der Waals surface area contributed by atoms with E-state index in [4.69, 9.17) is 9.47 Å². The molecule has 0 bridgehead atoms. The minimum Gasteiger partial charge on any atom is -0.377 e. The zero-order valence-corrected chi connectivity index (χ0v) is 8.84. The Morgan fingerprint density at radius 3 is 2.79 bits per heavy atom. The molecule has 0 spiro atoms. The van der Waals surface area contributed by atoms with Crippen LogP contribution in [-0.2, 0) is 9.47 Å². The number of ether oxygens (including phenoxy) is 2. The fraction of sp³-hybridized carbons (Fsp3) is 1.00. The molecule has 2 aliphatic rings. The standard InChI is InChI=1S/C11H21NO2/c1-3-10(4-1)14-8-6-12-9-11-5-2-7-13-11/h10-12H,1-9H2. The van der Waals surface area contributed by atoms with Crippen LogP contribution < -0.4 is 5.32 Å². The fourth-order valence-electron chi connectivity index (χ4n) is 1.90. The Hall–Kier alpha value is -0.120. The molecule has 0 aromatic heterocycles. The van der Waals surface area contributed by atoms with Gasteiger partial charge in [0.15, 0.2) is 0 Å². The zero-order valence-electron chi connectivity index (χ0n) is 8.84. The van der Waals surface area contributed by atoms with E-state index in [0.717, 1.165) is 26.3 Å². The molecule has 1 saturated carbocycles. The molecule has 0 aromatic rings. The predicted molar refractivity (Wildman–Crippen MR) is 55.4 cm³/mol. The Kier molecular flexibility index (Phi) is 4.22. The summed E-state index contributed by atoms with van der Waals surface area (Å²) in [5.74, 6) is 0. The van der Waals surface area contributed by atoms with Gasteiger partial charge in [-0.15, -0.1) is 0 Å². The Balaban J connectivity index is 1.39. The fourth-order valence-corrected chi connectivity index (χ4v) is 1.90. The van der Waals surface area contributed by atoms with Crippen LogP contribution in [0.4, 0.5) is 0 Å². The largest absolute Gasteiger partial charge is 0.377 e. The topological polar surface area (TPSA) is 30.5 Å². The molecule has 2 rings (SSSR count). The second-order valence-corrected chi connectivity index (χ2v) is 4.26. The summed E-state index contributed by atoms with van der Waals surface area (Å²) in [7, 11) is 0. The first-order chi connectivity index (χ1) is 6.95. The molecular formula is C11H21NO2. The average molecular weight is 199 g/mol. The van der Waals surface area contributed by atoms with E-state index in [1.165, 1.54) is 32.1 Å². The lowest BCUT2D eigenvalue weighted by Crippen LogP contribution is -2.31. The summed E-state index contributed by atoms with van der Waals surface area (Å²) in [6.07, 6.45) is 7.37. The summed E-state index contributed by atoms with van der Waals surface area (Å²) in [6, 6.07) is 0. The Labute approximate surface area is 86.2 Å². The maximum absolute atomic E-state index is 5.64. The van der Waals surface area contributed by atoms with Crippen LogP contribution in [0, 0.1) is 0 Å². The minimum atomic E-state index is 0.457. The molecular weight excluding hydrogens is 178 g/mol. The van der Waals surface area contributed by atoms with Crippen molar-refractivity contribution in [3.8, 4) is 0 Å². The van der Waals surface area contributed by atoms with Crippen LogP contribution in [0.5, 0.6) is 0 Å². The maximum atomic E-state index is 5.64. The molecule has 1 atom stereocenters. The molecule has 1 unspecified atom stereocenters. The first-order valence-electron chi connectivity index (χ1n) is 5.89. The highest BCUT2D eigenvalue weighted by atomic mass is 16.5. The van der Waals surface area contributed by atoms with Gasteiger partial charge in [-0.05, 0) is 32.1 Å². The molecule has 0 aromatic carbocycles. The van der Waals surface area contributed by atoms with E-state index in [0.29, 0.717) is 12.2 Å². The van der Waals surface area contributed by atoms with Crippen molar-refractivity contribution in [2.45, 2.75) is 44.3 Å². The van der Waals surface area contributed by atoms with Crippen molar-refractivity contribution in [3.63, 3.8) is 0 Å². The molecule has 2 fully saturated rings. The summed E-state index contributed by atoms with van der Waals surface area (Å²) >= 11 is 0. The minimum absolute atomic E-state index is 0.457. The van der Waals surface area contributed by atoms with Gasteiger partial charge in [0.25, 0.3) is 0 Å². The van der Waals surface area contributed by atoms with Crippen molar-refractivity contribution in [1.29, 1.82) is 0 Å². The second-order valence-electron chi connectivity index (χ2n) is 4.26. The SMILES string of the molecule is C1CC(OCCNCC2CCCO2)C1. The van der Waals surface area contributed by atoms with E-state index >= 15 is 0 Å². The van der Waals surface area contributed by atoms with Gasteiger partial charge in [0, 0.05) is 19.7 Å². The highest BCUT2D eigenvalue weighted by molar-refractivity contribution is 4.70. The molecule has 1 heterocycles. The molecule has 3 nitrogen and oxygen atoms in total. The van der Waals surface area contributed by atoms with Gasteiger partial charge < -0.3 is 14.8 Å². The van der Waals surface area contributed by atoms with Crippen molar-refractivity contribution < 1.29 is 9.47 Å². The first kappa shape index (κ1) is 10.4. The van der Waals surface area contributed by atoms with Crippen LogP contribution in [-0.4, -0.2) is 38.5 Å². The lowest BCUT2D eigenvalue weighted by molar-refractivity contribution is 0.00321. The average Bonchev–Trinajstić information content (AvgIpc) is 2.60. The van der Waals surface area contributed by atoms with Crippen molar-refractivity contribution in [3.05, 3.63) is 0 Å². The Morgan fingerprint density at radius 1 is 1.21 bits per heavy atom. The van der Waals surface area contributed by atoms with Crippen LogP contribution in [0.2, 0.25) is 0 Å². The summed E-state index contributed by atoms with van der Waals surface area (Å²) in [6.45, 7) is 3.77. The molecule has 0 amide bonds. The first-order valence-corrected chi connectivity index (χ1v) is 5.89. The third kappa shape index (κ3) is 3.23. The quantitative estimate of drug-likeness (QED) is 0.655. The summed E-state index contributed by atoms with van der Waals surface area (Å²) < 4.78 is 11.1. The molecule has 1 N–H and O–H groups in total.